The van der Waals surface area contributed by atoms with Gasteiger partial charge in [0.1, 0.15) is 0 Å². The maximum absolute atomic E-state index is 12.4. The number of likely N-dealkylation sites (tertiary alicyclic amines) is 1. The van der Waals surface area contributed by atoms with Gasteiger partial charge in [-0.1, -0.05) is 13.8 Å². The van der Waals surface area contributed by atoms with Crippen LogP contribution in [0.5, 0.6) is 0 Å². The van der Waals surface area contributed by atoms with Gasteiger partial charge in [-0.05, 0) is 37.5 Å². The van der Waals surface area contributed by atoms with Gasteiger partial charge in [-0.25, -0.2) is 4.79 Å². The summed E-state index contributed by atoms with van der Waals surface area (Å²) in [6.45, 7) is 4.26. The van der Waals surface area contributed by atoms with Gasteiger partial charge in [0.05, 0.1) is 5.92 Å². The molecule has 148 valence electrons. The van der Waals surface area contributed by atoms with E-state index in [-0.39, 0.29) is 42.4 Å². The lowest BCUT2D eigenvalue weighted by Gasteiger charge is -2.30. The van der Waals surface area contributed by atoms with Crippen molar-refractivity contribution in [3.8, 4) is 0 Å². The zero-order valence-electron chi connectivity index (χ0n) is 16.7. The highest BCUT2D eigenvalue weighted by atomic mass is 16.7. The van der Waals surface area contributed by atoms with Gasteiger partial charge in [-0.15, -0.1) is 5.06 Å². The van der Waals surface area contributed by atoms with Crippen LogP contribution in [-0.4, -0.2) is 46.1 Å². The van der Waals surface area contributed by atoms with Crippen LogP contribution in [0, 0.1) is 23.7 Å². The van der Waals surface area contributed by atoms with Crippen LogP contribution in [0.25, 0.3) is 0 Å². The van der Waals surface area contributed by atoms with Gasteiger partial charge in [0.25, 0.3) is 11.8 Å². The Morgan fingerprint density at radius 1 is 1.11 bits per heavy atom. The van der Waals surface area contributed by atoms with E-state index in [1.165, 1.54) is 4.90 Å². The highest BCUT2D eigenvalue weighted by Crippen LogP contribution is 2.33. The quantitative estimate of drug-likeness (QED) is 0.670. The minimum Gasteiger partial charge on any atom is -0.330 e. The van der Waals surface area contributed by atoms with E-state index in [9.17, 15) is 24.0 Å². The molecule has 4 amide bonds. The highest BCUT2D eigenvalue weighted by Gasteiger charge is 2.42. The van der Waals surface area contributed by atoms with Crippen molar-refractivity contribution < 1.29 is 30.2 Å². The first kappa shape index (κ1) is 18.1. The number of nitrogens with zero attached hydrogens (tertiary/aromatic N) is 2. The lowest BCUT2D eigenvalue weighted by atomic mass is 9.82. The summed E-state index contributed by atoms with van der Waals surface area (Å²) in [6.07, 6.45) is 1.13. The van der Waals surface area contributed by atoms with Crippen molar-refractivity contribution in [2.45, 2.75) is 58.8 Å². The third kappa shape index (κ3) is 4.04. The number of imide groups is 2. The standard InChI is InChI=1S/C19H26N2O6/c1-11(2)14-9-17(24)20(18(14)25)10-12-3-5-13(6-4-12)19(26)27-21-15(22)7-8-16(21)23/h11-14H,3-10H2,1-2H3/i7D. The normalized spacial score (nSPS) is 32.5. The molecule has 2 aliphatic heterocycles. The van der Waals surface area contributed by atoms with Crippen LogP contribution in [-0.2, 0) is 28.8 Å². The molecule has 0 spiro atoms. The molecule has 3 rings (SSSR count). The van der Waals surface area contributed by atoms with Crippen LogP contribution in [0.15, 0.2) is 0 Å². The predicted molar refractivity (Wildman–Crippen MR) is 92.3 cm³/mol. The highest BCUT2D eigenvalue weighted by molar-refractivity contribution is 6.03. The van der Waals surface area contributed by atoms with E-state index in [2.05, 4.69) is 0 Å². The Morgan fingerprint density at radius 2 is 1.78 bits per heavy atom. The molecule has 0 N–H and O–H groups in total. The van der Waals surface area contributed by atoms with Crippen molar-refractivity contribution in [1.82, 2.24) is 9.96 Å². The Balaban J connectivity index is 1.49. The van der Waals surface area contributed by atoms with Crippen molar-refractivity contribution in [3.63, 3.8) is 0 Å². The summed E-state index contributed by atoms with van der Waals surface area (Å²) in [5, 5.41) is 0.416. The predicted octanol–water partition coefficient (Wildman–Crippen LogP) is 1.43. The number of carbonyl (C=O) groups is 5. The minimum absolute atomic E-state index is 0.0995. The summed E-state index contributed by atoms with van der Waals surface area (Å²) < 4.78 is 7.43. The Morgan fingerprint density at radius 3 is 2.30 bits per heavy atom. The molecule has 0 aromatic carbocycles. The zero-order valence-corrected chi connectivity index (χ0v) is 15.7. The minimum atomic E-state index is -1.21. The van der Waals surface area contributed by atoms with Crippen molar-refractivity contribution in [2.24, 2.45) is 23.7 Å². The Kier molecular flexibility index (Phi) is 5.22. The fourth-order valence-electron chi connectivity index (χ4n) is 3.98. The molecule has 0 aromatic rings. The average Bonchev–Trinajstić information content (AvgIpc) is 3.06. The molecule has 1 saturated carbocycles. The van der Waals surface area contributed by atoms with Crippen LogP contribution >= 0.6 is 0 Å². The Labute approximate surface area is 159 Å². The molecule has 2 saturated heterocycles. The van der Waals surface area contributed by atoms with E-state index in [0.29, 0.717) is 37.3 Å². The molecule has 3 fully saturated rings. The molecular weight excluding hydrogens is 352 g/mol. The summed E-state index contributed by atoms with van der Waals surface area (Å²) in [6, 6.07) is 0. The number of amides is 4. The fourth-order valence-corrected chi connectivity index (χ4v) is 3.98. The molecule has 3 aliphatic rings. The van der Waals surface area contributed by atoms with E-state index in [1.54, 1.807) is 0 Å². The smallest absolute Gasteiger partial charge is 0.330 e. The monoisotopic (exact) mass is 379 g/mol. The second kappa shape index (κ2) is 7.78. The summed E-state index contributed by atoms with van der Waals surface area (Å²) in [5.41, 5.74) is 0. The molecule has 0 bridgehead atoms. The van der Waals surface area contributed by atoms with E-state index in [1.807, 2.05) is 13.8 Å². The molecular formula is C19H26N2O6. The first-order valence-corrected chi connectivity index (χ1v) is 9.54. The van der Waals surface area contributed by atoms with E-state index in [0.717, 1.165) is 0 Å². The molecule has 2 heterocycles. The van der Waals surface area contributed by atoms with Crippen LogP contribution in [0.2, 0.25) is 0 Å². The van der Waals surface area contributed by atoms with Crippen molar-refractivity contribution in [1.29, 1.82) is 0 Å². The van der Waals surface area contributed by atoms with Gasteiger partial charge in [0, 0.05) is 33.1 Å². The number of rotatable bonds is 5. The average molecular weight is 379 g/mol. The number of hydroxylamine groups is 2. The van der Waals surface area contributed by atoms with Crippen molar-refractivity contribution >= 4 is 29.6 Å². The van der Waals surface area contributed by atoms with Gasteiger partial charge in [-0.2, -0.15) is 0 Å². The molecule has 0 radical (unpaired) electrons. The van der Waals surface area contributed by atoms with E-state index < -0.39 is 30.1 Å². The molecule has 8 heteroatoms. The number of hydrogen-bond donors (Lipinski definition) is 0. The number of carbonyl (C=O) groups excluding carboxylic acids is 5. The van der Waals surface area contributed by atoms with Gasteiger partial charge in [0.2, 0.25) is 11.8 Å². The Hall–Kier alpha value is -2.25. The molecule has 1 aliphatic carbocycles. The molecule has 8 nitrogen and oxygen atoms in total. The second-order valence-corrected chi connectivity index (χ2v) is 7.96. The SMILES string of the molecule is [2H]C1CC(=O)N(OC(=O)C2CCC(CN3C(=O)CC(C(C)C)C3=O)CC2)C1=O. The number of hydrogen-bond acceptors (Lipinski definition) is 6. The van der Waals surface area contributed by atoms with Crippen LogP contribution in [0.1, 0.15) is 60.1 Å². The Bertz CT molecular complexity index is 701. The van der Waals surface area contributed by atoms with Crippen molar-refractivity contribution in [2.75, 3.05) is 6.54 Å². The zero-order chi connectivity index (χ0) is 20.6. The summed E-state index contributed by atoms with van der Waals surface area (Å²) in [5.74, 6) is -2.75. The maximum atomic E-state index is 12.4. The molecule has 27 heavy (non-hydrogen) atoms. The van der Waals surface area contributed by atoms with Gasteiger partial charge >= 0.3 is 5.97 Å². The van der Waals surface area contributed by atoms with E-state index >= 15 is 0 Å². The van der Waals surface area contributed by atoms with Crippen LogP contribution in [0.4, 0.5) is 0 Å². The first-order chi connectivity index (χ1) is 13.2. The fraction of sp³-hybridized carbons (Fsp3) is 0.737. The summed E-state index contributed by atoms with van der Waals surface area (Å²) in [4.78, 5) is 66.5. The maximum Gasteiger partial charge on any atom is 0.336 e. The summed E-state index contributed by atoms with van der Waals surface area (Å²) >= 11 is 0. The van der Waals surface area contributed by atoms with Gasteiger partial charge in [0.15, 0.2) is 0 Å². The van der Waals surface area contributed by atoms with Crippen LogP contribution in [0.3, 0.4) is 0 Å². The van der Waals surface area contributed by atoms with Crippen LogP contribution < -0.4 is 0 Å². The third-order valence-electron chi connectivity index (χ3n) is 5.76. The lowest BCUT2D eigenvalue weighted by molar-refractivity contribution is -0.201. The summed E-state index contributed by atoms with van der Waals surface area (Å²) in [7, 11) is 0. The molecule has 2 atom stereocenters. The lowest BCUT2D eigenvalue weighted by Crippen LogP contribution is -2.39. The largest absolute Gasteiger partial charge is 0.336 e. The van der Waals surface area contributed by atoms with E-state index in [4.69, 9.17) is 6.21 Å². The van der Waals surface area contributed by atoms with Crippen molar-refractivity contribution in [3.05, 3.63) is 0 Å². The second-order valence-electron chi connectivity index (χ2n) is 7.96. The van der Waals surface area contributed by atoms with Gasteiger partial charge in [-0.3, -0.25) is 24.1 Å². The molecule has 2 unspecified atom stereocenters. The topological polar surface area (TPSA) is 101 Å². The van der Waals surface area contributed by atoms with Gasteiger partial charge < -0.3 is 4.84 Å². The third-order valence-corrected chi connectivity index (χ3v) is 5.76. The first-order valence-electron chi connectivity index (χ1n) is 10.1. The molecule has 0 aromatic heterocycles.